The molecule has 5 N–H and O–H groups in total. The fourth-order valence-corrected chi connectivity index (χ4v) is 2.84. The normalized spacial score (nSPS) is 16.4. The average molecular weight is 379 g/mol. The summed E-state index contributed by atoms with van der Waals surface area (Å²) < 4.78 is 1.87. The number of urea groups is 1. The number of nitrogens with one attached hydrogen (secondary N) is 3. The molecule has 0 aliphatic carbocycles. The van der Waals surface area contributed by atoms with E-state index in [0.717, 1.165) is 31.5 Å². The Hall–Kier alpha value is -2.58. The van der Waals surface area contributed by atoms with Crippen molar-refractivity contribution >= 4 is 30.0 Å². The van der Waals surface area contributed by atoms with Crippen LogP contribution in [0.4, 0.5) is 10.5 Å². The Morgan fingerprint density at radius 1 is 1.27 bits per heavy atom. The summed E-state index contributed by atoms with van der Waals surface area (Å²) in [6.07, 6.45) is 4.05. The van der Waals surface area contributed by atoms with Gasteiger partial charge in [0.05, 0.1) is 6.04 Å². The van der Waals surface area contributed by atoms with Crippen LogP contribution in [0, 0.1) is 0 Å². The highest BCUT2D eigenvalue weighted by atomic mass is 35.5. The molecule has 1 saturated heterocycles. The maximum atomic E-state index is 12.3. The predicted octanol–water partition coefficient (Wildman–Crippen LogP) is 1.65. The molecule has 0 spiro atoms. The van der Waals surface area contributed by atoms with Crippen molar-refractivity contribution in [2.75, 3.05) is 18.4 Å². The van der Waals surface area contributed by atoms with Gasteiger partial charge in [-0.15, -0.1) is 12.4 Å². The summed E-state index contributed by atoms with van der Waals surface area (Å²) in [5, 5.41) is 13.1. The van der Waals surface area contributed by atoms with Crippen LogP contribution in [0.2, 0.25) is 0 Å². The van der Waals surface area contributed by atoms with Crippen molar-refractivity contribution in [3.8, 4) is 0 Å². The molecule has 1 aromatic heterocycles. The summed E-state index contributed by atoms with van der Waals surface area (Å²) in [5.41, 5.74) is 7.01. The Morgan fingerprint density at radius 3 is 2.69 bits per heavy atom. The lowest BCUT2D eigenvalue weighted by atomic mass is 10.1. The van der Waals surface area contributed by atoms with Crippen molar-refractivity contribution in [1.29, 1.82) is 0 Å². The summed E-state index contributed by atoms with van der Waals surface area (Å²) >= 11 is 0. The van der Waals surface area contributed by atoms with Crippen LogP contribution in [0.1, 0.15) is 34.9 Å². The van der Waals surface area contributed by atoms with Gasteiger partial charge in [-0.2, -0.15) is 5.10 Å². The van der Waals surface area contributed by atoms with Crippen LogP contribution in [0.15, 0.2) is 36.5 Å². The van der Waals surface area contributed by atoms with Crippen LogP contribution < -0.4 is 21.7 Å². The van der Waals surface area contributed by atoms with E-state index in [-0.39, 0.29) is 18.3 Å². The van der Waals surface area contributed by atoms with Gasteiger partial charge in [0, 0.05) is 25.0 Å². The quantitative estimate of drug-likeness (QED) is 0.633. The molecule has 140 valence electrons. The summed E-state index contributed by atoms with van der Waals surface area (Å²) in [6, 6.07) is 8.54. The van der Waals surface area contributed by atoms with Crippen LogP contribution in [0.5, 0.6) is 0 Å². The van der Waals surface area contributed by atoms with Gasteiger partial charge < -0.3 is 21.7 Å². The highest BCUT2D eigenvalue weighted by Crippen LogP contribution is 2.15. The Morgan fingerprint density at radius 2 is 2.04 bits per heavy atom. The number of carbonyl (C=O) groups is 2. The number of nitrogens with zero attached hydrogens (tertiary/aromatic N) is 2. The molecule has 1 atom stereocenters. The van der Waals surface area contributed by atoms with Gasteiger partial charge in [-0.05, 0) is 43.1 Å². The second kappa shape index (κ2) is 9.21. The first-order valence-electron chi connectivity index (χ1n) is 8.31. The molecule has 0 saturated carbocycles. The van der Waals surface area contributed by atoms with Crippen LogP contribution in [-0.2, 0) is 6.54 Å². The fourth-order valence-electron chi connectivity index (χ4n) is 2.84. The first-order valence-corrected chi connectivity index (χ1v) is 8.31. The van der Waals surface area contributed by atoms with Crippen molar-refractivity contribution < 1.29 is 9.59 Å². The molecule has 1 aliphatic heterocycles. The Balaban J connectivity index is 0.00000243. The number of hydrogen-bond acceptors (Lipinski definition) is 4. The van der Waals surface area contributed by atoms with E-state index in [4.69, 9.17) is 5.73 Å². The minimum atomic E-state index is -0.607. The van der Waals surface area contributed by atoms with E-state index in [1.54, 1.807) is 18.2 Å². The molecule has 1 aromatic carbocycles. The number of nitrogens with two attached hydrogens (primary N) is 1. The lowest BCUT2D eigenvalue weighted by molar-refractivity contribution is 0.0944. The van der Waals surface area contributed by atoms with Crippen molar-refractivity contribution in [1.82, 2.24) is 20.4 Å². The molecule has 2 heterocycles. The summed E-state index contributed by atoms with van der Waals surface area (Å²) in [4.78, 5) is 23.0. The van der Waals surface area contributed by atoms with Gasteiger partial charge >= 0.3 is 6.03 Å². The molecule has 0 radical (unpaired) electrons. The first-order chi connectivity index (χ1) is 12.1. The molecule has 1 fully saturated rings. The topological polar surface area (TPSA) is 114 Å². The van der Waals surface area contributed by atoms with Gasteiger partial charge in [0.2, 0.25) is 0 Å². The third kappa shape index (κ3) is 5.21. The van der Waals surface area contributed by atoms with Gasteiger partial charge in [0.1, 0.15) is 5.69 Å². The zero-order chi connectivity index (χ0) is 17.6. The fraction of sp³-hybridized carbons (Fsp3) is 0.353. The predicted molar refractivity (Wildman–Crippen MR) is 101 cm³/mol. The van der Waals surface area contributed by atoms with Gasteiger partial charge in [0.25, 0.3) is 5.91 Å². The molecule has 3 amide bonds. The van der Waals surface area contributed by atoms with E-state index in [9.17, 15) is 9.59 Å². The number of halogens is 1. The van der Waals surface area contributed by atoms with Gasteiger partial charge in [0.15, 0.2) is 0 Å². The second-order valence-electron chi connectivity index (χ2n) is 6.05. The third-order valence-corrected chi connectivity index (χ3v) is 4.16. The lowest BCUT2D eigenvalue weighted by Gasteiger charge is -2.22. The largest absolute Gasteiger partial charge is 0.351 e. The Kier molecular flexibility index (Phi) is 6.99. The molecular weight excluding hydrogens is 356 g/mol. The average Bonchev–Trinajstić information content (AvgIpc) is 3.11. The molecule has 8 nitrogen and oxygen atoms in total. The van der Waals surface area contributed by atoms with Crippen molar-refractivity contribution in [2.24, 2.45) is 5.73 Å². The first kappa shape index (κ1) is 19.7. The van der Waals surface area contributed by atoms with E-state index in [1.165, 1.54) is 0 Å². The van der Waals surface area contributed by atoms with Crippen LogP contribution >= 0.6 is 12.4 Å². The number of primary amides is 1. The zero-order valence-corrected chi connectivity index (χ0v) is 15.1. The summed E-state index contributed by atoms with van der Waals surface area (Å²) in [7, 11) is 0. The van der Waals surface area contributed by atoms with Crippen LogP contribution in [0.3, 0.4) is 0 Å². The highest BCUT2D eigenvalue weighted by Gasteiger charge is 2.17. The minimum absolute atomic E-state index is 0. The lowest BCUT2D eigenvalue weighted by Crippen LogP contribution is -2.32. The molecule has 1 unspecified atom stereocenters. The van der Waals surface area contributed by atoms with E-state index in [0.29, 0.717) is 24.0 Å². The Bertz CT molecular complexity index is 740. The SMILES string of the molecule is Cl.NC(=O)Nc1ccc(CNC(=O)c2ccn(C3CCCNC3)n2)cc1. The standard InChI is InChI=1S/C17H22N6O2.ClH/c18-17(25)21-13-5-3-12(4-6-13)10-20-16(24)15-7-9-23(22-15)14-2-1-8-19-11-14;/h3-7,9,14,19H,1-2,8,10-11H2,(H,20,24)(H3,18,21,25);1H. The second-order valence-corrected chi connectivity index (χ2v) is 6.05. The Labute approximate surface area is 157 Å². The number of rotatable bonds is 5. The molecule has 0 bridgehead atoms. The number of hydrogen-bond donors (Lipinski definition) is 4. The number of anilines is 1. The van der Waals surface area contributed by atoms with Crippen molar-refractivity contribution in [2.45, 2.75) is 25.4 Å². The number of carbonyl (C=O) groups excluding carboxylic acids is 2. The summed E-state index contributed by atoms with van der Waals surface area (Å²) in [5.74, 6) is -0.207. The number of amides is 3. The molecular formula is C17H23ClN6O2. The van der Waals surface area contributed by atoms with E-state index in [2.05, 4.69) is 21.0 Å². The van der Waals surface area contributed by atoms with E-state index in [1.807, 2.05) is 23.0 Å². The zero-order valence-electron chi connectivity index (χ0n) is 14.3. The summed E-state index contributed by atoms with van der Waals surface area (Å²) in [6.45, 7) is 2.31. The van der Waals surface area contributed by atoms with Gasteiger partial charge in [-0.25, -0.2) is 4.79 Å². The molecule has 3 rings (SSSR count). The molecule has 1 aliphatic rings. The highest BCUT2D eigenvalue weighted by molar-refractivity contribution is 5.92. The van der Waals surface area contributed by atoms with E-state index >= 15 is 0 Å². The van der Waals surface area contributed by atoms with Crippen LogP contribution in [0.25, 0.3) is 0 Å². The molecule has 26 heavy (non-hydrogen) atoms. The molecule has 9 heteroatoms. The number of piperidine rings is 1. The molecule has 2 aromatic rings. The monoisotopic (exact) mass is 378 g/mol. The van der Waals surface area contributed by atoms with Crippen molar-refractivity contribution in [3.05, 3.63) is 47.8 Å². The van der Waals surface area contributed by atoms with Gasteiger partial charge in [-0.1, -0.05) is 12.1 Å². The third-order valence-electron chi connectivity index (χ3n) is 4.16. The number of benzene rings is 1. The maximum absolute atomic E-state index is 12.3. The smallest absolute Gasteiger partial charge is 0.316 e. The van der Waals surface area contributed by atoms with Crippen molar-refractivity contribution in [3.63, 3.8) is 0 Å². The van der Waals surface area contributed by atoms with Crippen LogP contribution in [-0.4, -0.2) is 34.8 Å². The maximum Gasteiger partial charge on any atom is 0.316 e. The van der Waals surface area contributed by atoms with Gasteiger partial charge in [-0.3, -0.25) is 9.48 Å². The van der Waals surface area contributed by atoms with E-state index < -0.39 is 6.03 Å². The number of aromatic nitrogens is 2. The minimum Gasteiger partial charge on any atom is -0.351 e.